The number of hydrogen-bond acceptors (Lipinski definition) is 4. The van der Waals surface area contributed by atoms with Crippen LogP contribution in [-0.4, -0.2) is 34.5 Å². The first kappa shape index (κ1) is 20.7. The fourth-order valence-corrected chi connectivity index (χ4v) is 2.48. The van der Waals surface area contributed by atoms with E-state index in [-0.39, 0.29) is 12.1 Å². The molecule has 0 amide bonds. The Morgan fingerprint density at radius 3 is 2.92 bits per heavy atom. The zero-order valence-electron chi connectivity index (χ0n) is 14.8. The van der Waals surface area contributed by atoms with Crippen LogP contribution < -0.4 is 0 Å². The van der Waals surface area contributed by atoms with Crippen LogP contribution in [-0.2, 0) is 9.53 Å². The van der Waals surface area contributed by atoms with Gasteiger partial charge in [0.2, 0.25) is 0 Å². The molecule has 0 aromatic carbocycles. The molecule has 1 aliphatic rings. The lowest BCUT2D eigenvalue weighted by Gasteiger charge is -2.15. The number of esters is 1. The Hall–Kier alpha value is -1.39. The van der Waals surface area contributed by atoms with Crippen molar-refractivity contribution in [2.75, 3.05) is 0 Å². The molecule has 0 fully saturated rings. The molecule has 0 spiro atoms. The van der Waals surface area contributed by atoms with Crippen LogP contribution in [0.2, 0.25) is 0 Å². The average molecular weight is 336 g/mol. The fourth-order valence-electron chi connectivity index (χ4n) is 2.48. The molecule has 2 N–H and O–H groups in total. The molecule has 3 atom stereocenters. The second-order valence-electron chi connectivity index (χ2n) is 6.27. The van der Waals surface area contributed by atoms with Crippen LogP contribution in [0, 0.1) is 0 Å². The van der Waals surface area contributed by atoms with Gasteiger partial charge in [0, 0.05) is 12.8 Å². The van der Waals surface area contributed by atoms with E-state index in [4.69, 9.17) is 4.74 Å². The Labute approximate surface area is 145 Å². The van der Waals surface area contributed by atoms with Gasteiger partial charge in [-0.2, -0.15) is 0 Å². The van der Waals surface area contributed by atoms with Crippen molar-refractivity contribution in [3.8, 4) is 0 Å². The SMILES string of the molecule is CCCCC/C=C\C[C@H](O)[C@H](O)/C=C/[C@@H]1C/C=C\CCCC(=O)O1. The number of cyclic esters (lactones) is 1. The molecule has 24 heavy (non-hydrogen) atoms. The second kappa shape index (κ2) is 13.0. The molecule has 4 heteroatoms. The first-order chi connectivity index (χ1) is 11.6. The zero-order chi connectivity index (χ0) is 17.6. The van der Waals surface area contributed by atoms with Crippen molar-refractivity contribution in [1.82, 2.24) is 0 Å². The molecule has 0 aromatic rings. The topological polar surface area (TPSA) is 66.8 Å². The Kier molecular flexibility index (Phi) is 11.2. The van der Waals surface area contributed by atoms with Crippen LogP contribution in [0.25, 0.3) is 0 Å². The van der Waals surface area contributed by atoms with E-state index < -0.39 is 12.2 Å². The minimum Gasteiger partial charge on any atom is -0.458 e. The van der Waals surface area contributed by atoms with Crippen molar-refractivity contribution in [3.63, 3.8) is 0 Å². The lowest BCUT2D eigenvalue weighted by atomic mass is 10.1. The first-order valence-corrected chi connectivity index (χ1v) is 9.17. The Morgan fingerprint density at radius 1 is 1.29 bits per heavy atom. The third-order valence-corrected chi connectivity index (χ3v) is 4.01. The highest BCUT2D eigenvalue weighted by molar-refractivity contribution is 5.69. The summed E-state index contributed by atoms with van der Waals surface area (Å²) in [5.41, 5.74) is 0. The molecule has 0 saturated carbocycles. The third-order valence-electron chi connectivity index (χ3n) is 4.01. The lowest BCUT2D eigenvalue weighted by molar-refractivity contribution is -0.146. The maximum atomic E-state index is 11.6. The van der Waals surface area contributed by atoms with Gasteiger partial charge in [-0.15, -0.1) is 0 Å². The van der Waals surface area contributed by atoms with Crippen LogP contribution in [0.5, 0.6) is 0 Å². The molecule has 1 rings (SSSR count). The summed E-state index contributed by atoms with van der Waals surface area (Å²) >= 11 is 0. The third kappa shape index (κ3) is 9.68. The van der Waals surface area contributed by atoms with Crippen LogP contribution in [0.15, 0.2) is 36.5 Å². The zero-order valence-corrected chi connectivity index (χ0v) is 14.8. The number of allylic oxidation sites excluding steroid dienone is 2. The molecule has 1 aliphatic heterocycles. The monoisotopic (exact) mass is 336 g/mol. The maximum Gasteiger partial charge on any atom is 0.306 e. The first-order valence-electron chi connectivity index (χ1n) is 9.17. The van der Waals surface area contributed by atoms with Gasteiger partial charge in [-0.1, -0.05) is 50.1 Å². The minimum absolute atomic E-state index is 0.210. The van der Waals surface area contributed by atoms with E-state index in [1.807, 2.05) is 12.2 Å². The van der Waals surface area contributed by atoms with Crippen LogP contribution in [0.3, 0.4) is 0 Å². The lowest BCUT2D eigenvalue weighted by Crippen LogP contribution is -2.24. The predicted molar refractivity (Wildman–Crippen MR) is 96.5 cm³/mol. The molecule has 136 valence electrons. The van der Waals surface area contributed by atoms with Crippen molar-refractivity contribution in [3.05, 3.63) is 36.5 Å². The number of aliphatic hydroxyl groups is 2. The fraction of sp³-hybridized carbons (Fsp3) is 0.650. The highest BCUT2D eigenvalue weighted by atomic mass is 16.5. The number of aliphatic hydroxyl groups excluding tert-OH is 2. The van der Waals surface area contributed by atoms with E-state index in [1.165, 1.54) is 18.9 Å². The molecule has 0 radical (unpaired) electrons. The predicted octanol–water partition coefficient (Wildman–Crippen LogP) is 3.83. The normalized spacial score (nSPS) is 23.5. The smallest absolute Gasteiger partial charge is 0.306 e. The molecule has 0 bridgehead atoms. The summed E-state index contributed by atoms with van der Waals surface area (Å²) in [5, 5.41) is 20.0. The standard InChI is InChI=1S/C20H32O4/c1-2-3-4-5-6-10-13-18(21)19(22)16-15-17-12-9-7-8-11-14-20(23)24-17/h6-7,9-10,15-19,21-22H,2-5,8,11-14H2,1H3/b9-7-,10-6-,16-15+/t17-,18-,19+/m0/s1. The molecule has 4 nitrogen and oxygen atoms in total. The van der Waals surface area contributed by atoms with Crippen molar-refractivity contribution in [2.45, 2.75) is 83.0 Å². The van der Waals surface area contributed by atoms with Crippen LogP contribution in [0.1, 0.15) is 64.7 Å². The number of unbranched alkanes of at least 4 members (excludes halogenated alkanes) is 3. The van der Waals surface area contributed by atoms with Gasteiger partial charge in [0.15, 0.2) is 0 Å². The summed E-state index contributed by atoms with van der Waals surface area (Å²) in [5.74, 6) is -0.210. The van der Waals surface area contributed by atoms with E-state index in [9.17, 15) is 15.0 Å². The van der Waals surface area contributed by atoms with Gasteiger partial charge in [-0.05, 0) is 38.2 Å². The molecule has 0 aliphatic carbocycles. The average Bonchev–Trinajstić information content (AvgIpc) is 2.67. The summed E-state index contributed by atoms with van der Waals surface area (Å²) in [7, 11) is 0. The maximum absolute atomic E-state index is 11.6. The van der Waals surface area contributed by atoms with Gasteiger partial charge < -0.3 is 14.9 Å². The summed E-state index contributed by atoms with van der Waals surface area (Å²) in [6.45, 7) is 2.17. The number of ether oxygens (including phenoxy) is 1. The van der Waals surface area contributed by atoms with Gasteiger partial charge in [0.25, 0.3) is 0 Å². The van der Waals surface area contributed by atoms with Gasteiger partial charge in [0.1, 0.15) is 6.10 Å². The highest BCUT2D eigenvalue weighted by Crippen LogP contribution is 2.12. The Balaban J connectivity index is 2.38. The number of rotatable bonds is 9. The van der Waals surface area contributed by atoms with Gasteiger partial charge in [-0.25, -0.2) is 0 Å². The van der Waals surface area contributed by atoms with E-state index in [1.54, 1.807) is 6.08 Å². The van der Waals surface area contributed by atoms with Crippen LogP contribution >= 0.6 is 0 Å². The number of carbonyl (C=O) groups is 1. The van der Waals surface area contributed by atoms with Gasteiger partial charge >= 0.3 is 5.97 Å². The largest absolute Gasteiger partial charge is 0.458 e. The van der Waals surface area contributed by atoms with E-state index in [0.717, 1.165) is 25.7 Å². The quantitative estimate of drug-likeness (QED) is 0.381. The van der Waals surface area contributed by atoms with Crippen molar-refractivity contribution in [2.24, 2.45) is 0 Å². The number of carbonyl (C=O) groups excluding carboxylic acids is 1. The molecule has 0 saturated heterocycles. The van der Waals surface area contributed by atoms with Gasteiger partial charge in [0.05, 0.1) is 12.2 Å². The van der Waals surface area contributed by atoms with Crippen molar-refractivity contribution >= 4 is 5.97 Å². The molecular weight excluding hydrogens is 304 g/mol. The number of hydrogen-bond donors (Lipinski definition) is 2. The summed E-state index contributed by atoms with van der Waals surface area (Å²) in [4.78, 5) is 11.6. The summed E-state index contributed by atoms with van der Waals surface area (Å²) in [6, 6.07) is 0. The van der Waals surface area contributed by atoms with E-state index in [0.29, 0.717) is 19.3 Å². The molecule has 0 aromatic heterocycles. The second-order valence-corrected chi connectivity index (χ2v) is 6.27. The van der Waals surface area contributed by atoms with Crippen molar-refractivity contribution < 1.29 is 19.7 Å². The van der Waals surface area contributed by atoms with Gasteiger partial charge in [-0.3, -0.25) is 4.79 Å². The van der Waals surface area contributed by atoms with Crippen LogP contribution in [0.4, 0.5) is 0 Å². The summed E-state index contributed by atoms with van der Waals surface area (Å²) < 4.78 is 5.35. The molecule has 0 unspecified atom stereocenters. The minimum atomic E-state index is -0.958. The molecule has 1 heterocycles. The molecular formula is C20H32O4. The Morgan fingerprint density at radius 2 is 2.12 bits per heavy atom. The van der Waals surface area contributed by atoms with E-state index >= 15 is 0 Å². The van der Waals surface area contributed by atoms with Crippen molar-refractivity contribution in [1.29, 1.82) is 0 Å². The Bertz CT molecular complexity index is 425. The summed E-state index contributed by atoms with van der Waals surface area (Å²) in [6.07, 6.45) is 16.8. The van der Waals surface area contributed by atoms with E-state index in [2.05, 4.69) is 19.1 Å². The highest BCUT2D eigenvalue weighted by Gasteiger charge is 2.15.